The summed E-state index contributed by atoms with van der Waals surface area (Å²) in [5.74, 6) is 1.56. The molecule has 0 radical (unpaired) electrons. The number of hydrogen-bond donors (Lipinski definition) is 1. The van der Waals surface area contributed by atoms with E-state index in [0.29, 0.717) is 35.2 Å². The zero-order valence-electron chi connectivity index (χ0n) is 14.5. The summed E-state index contributed by atoms with van der Waals surface area (Å²) < 4.78 is 16.2. The molecule has 0 aliphatic rings. The Labute approximate surface area is 152 Å². The van der Waals surface area contributed by atoms with Crippen molar-refractivity contribution in [2.45, 2.75) is 26.0 Å². The number of hydrogen-bond acceptors (Lipinski definition) is 4. The highest BCUT2D eigenvalue weighted by molar-refractivity contribution is 6.32. The Morgan fingerprint density at radius 2 is 1.80 bits per heavy atom. The first kappa shape index (κ1) is 18.9. The van der Waals surface area contributed by atoms with Crippen LogP contribution in [0.25, 0.3) is 0 Å². The molecule has 0 saturated carbocycles. The molecule has 6 heteroatoms. The zero-order valence-corrected chi connectivity index (χ0v) is 15.3. The predicted octanol–water partition coefficient (Wildman–Crippen LogP) is 3.83. The molecule has 2 aromatic rings. The smallest absolute Gasteiger partial charge is 0.261 e. The van der Waals surface area contributed by atoms with Gasteiger partial charge >= 0.3 is 0 Å². The van der Waals surface area contributed by atoms with Gasteiger partial charge in [0.15, 0.2) is 17.6 Å². The van der Waals surface area contributed by atoms with E-state index in [-0.39, 0.29) is 5.91 Å². The fraction of sp³-hybridized carbons (Fsp3) is 0.316. The zero-order chi connectivity index (χ0) is 18.2. The summed E-state index contributed by atoms with van der Waals surface area (Å²) in [4.78, 5) is 12.4. The van der Waals surface area contributed by atoms with E-state index in [1.54, 1.807) is 32.4 Å². The van der Waals surface area contributed by atoms with Crippen LogP contribution in [0.2, 0.25) is 5.02 Å². The number of para-hydroxylation sites is 1. The largest absolute Gasteiger partial charge is 0.493 e. The van der Waals surface area contributed by atoms with Gasteiger partial charge in [-0.3, -0.25) is 4.79 Å². The van der Waals surface area contributed by atoms with E-state index in [1.807, 2.05) is 31.2 Å². The number of carbonyl (C=O) groups is 1. The SMILES string of the molecule is CC[C@@H](Oc1ccccc1Cl)C(=O)NCc1ccc(OC)c(OC)c1. The molecule has 0 bridgehead atoms. The molecule has 0 unspecified atom stereocenters. The molecule has 1 N–H and O–H groups in total. The molecular formula is C19H22ClNO4. The summed E-state index contributed by atoms with van der Waals surface area (Å²) in [5, 5.41) is 3.36. The number of rotatable bonds is 8. The Kier molecular flexibility index (Phi) is 6.95. The third kappa shape index (κ3) is 5.03. The average Bonchev–Trinajstić information content (AvgIpc) is 2.65. The van der Waals surface area contributed by atoms with Gasteiger partial charge in [-0.05, 0) is 36.2 Å². The molecular weight excluding hydrogens is 342 g/mol. The first-order valence-electron chi connectivity index (χ1n) is 7.98. The van der Waals surface area contributed by atoms with Gasteiger partial charge < -0.3 is 19.5 Å². The van der Waals surface area contributed by atoms with Crippen LogP contribution >= 0.6 is 11.6 Å². The van der Waals surface area contributed by atoms with Crippen molar-refractivity contribution in [1.82, 2.24) is 5.32 Å². The summed E-state index contributed by atoms with van der Waals surface area (Å²) in [6.45, 7) is 2.25. The first-order chi connectivity index (χ1) is 12.1. The van der Waals surface area contributed by atoms with Crippen molar-refractivity contribution in [1.29, 1.82) is 0 Å². The minimum absolute atomic E-state index is 0.197. The molecule has 5 nitrogen and oxygen atoms in total. The summed E-state index contributed by atoms with van der Waals surface area (Å²) in [6, 6.07) is 12.6. The monoisotopic (exact) mass is 363 g/mol. The highest BCUT2D eigenvalue weighted by Gasteiger charge is 2.19. The average molecular weight is 364 g/mol. The molecule has 2 aromatic carbocycles. The second-order valence-electron chi connectivity index (χ2n) is 5.35. The second kappa shape index (κ2) is 9.18. The molecule has 1 amide bonds. The predicted molar refractivity (Wildman–Crippen MR) is 97.6 cm³/mol. The van der Waals surface area contributed by atoms with Gasteiger partial charge in [0.1, 0.15) is 5.75 Å². The highest BCUT2D eigenvalue weighted by atomic mass is 35.5. The number of methoxy groups -OCH3 is 2. The topological polar surface area (TPSA) is 56.8 Å². The lowest BCUT2D eigenvalue weighted by atomic mass is 10.2. The minimum atomic E-state index is -0.611. The number of nitrogens with one attached hydrogen (secondary N) is 1. The van der Waals surface area contributed by atoms with Crippen LogP contribution in [0.4, 0.5) is 0 Å². The summed E-state index contributed by atoms with van der Waals surface area (Å²) in [6.07, 6.45) is -0.0803. The van der Waals surface area contributed by atoms with E-state index in [1.165, 1.54) is 0 Å². The van der Waals surface area contributed by atoms with E-state index in [0.717, 1.165) is 5.56 Å². The van der Waals surface area contributed by atoms with Crippen LogP contribution < -0.4 is 19.5 Å². The van der Waals surface area contributed by atoms with E-state index in [4.69, 9.17) is 25.8 Å². The third-order valence-corrected chi connectivity index (χ3v) is 4.00. The van der Waals surface area contributed by atoms with Gasteiger partial charge in [0, 0.05) is 6.54 Å². The molecule has 0 spiro atoms. The quantitative estimate of drug-likeness (QED) is 0.774. The molecule has 0 aliphatic heterocycles. The fourth-order valence-corrected chi connectivity index (χ4v) is 2.49. The first-order valence-corrected chi connectivity index (χ1v) is 8.36. The van der Waals surface area contributed by atoms with Crippen molar-refractivity contribution in [2.24, 2.45) is 0 Å². The molecule has 0 aromatic heterocycles. The van der Waals surface area contributed by atoms with Crippen LogP contribution in [0, 0.1) is 0 Å². The lowest BCUT2D eigenvalue weighted by Gasteiger charge is -2.18. The molecule has 0 fully saturated rings. The van der Waals surface area contributed by atoms with Crippen LogP contribution in [0.3, 0.4) is 0 Å². The van der Waals surface area contributed by atoms with Crippen LogP contribution in [0.15, 0.2) is 42.5 Å². The second-order valence-corrected chi connectivity index (χ2v) is 5.76. The summed E-state index contributed by atoms with van der Waals surface area (Å²) >= 11 is 6.08. The van der Waals surface area contributed by atoms with E-state index in [2.05, 4.69) is 5.32 Å². The molecule has 134 valence electrons. The lowest BCUT2D eigenvalue weighted by molar-refractivity contribution is -0.128. The van der Waals surface area contributed by atoms with Crippen molar-refractivity contribution >= 4 is 17.5 Å². The maximum Gasteiger partial charge on any atom is 0.261 e. The molecule has 2 rings (SSSR count). The Hall–Kier alpha value is -2.40. The normalized spacial score (nSPS) is 11.5. The van der Waals surface area contributed by atoms with Gasteiger partial charge in [-0.1, -0.05) is 36.7 Å². The Balaban J connectivity index is 1.99. The number of carbonyl (C=O) groups excluding carboxylic acids is 1. The summed E-state index contributed by atoms with van der Waals surface area (Å²) in [7, 11) is 3.15. The third-order valence-electron chi connectivity index (χ3n) is 3.68. The fourth-order valence-electron chi connectivity index (χ4n) is 2.31. The molecule has 0 saturated heterocycles. The number of halogens is 1. The molecule has 1 atom stereocenters. The molecule has 0 heterocycles. The van der Waals surface area contributed by atoms with E-state index < -0.39 is 6.10 Å². The maximum atomic E-state index is 12.4. The Bertz CT molecular complexity index is 720. The van der Waals surface area contributed by atoms with E-state index >= 15 is 0 Å². The van der Waals surface area contributed by atoms with Crippen molar-refractivity contribution in [3.63, 3.8) is 0 Å². The van der Waals surface area contributed by atoms with Crippen molar-refractivity contribution in [2.75, 3.05) is 14.2 Å². The maximum absolute atomic E-state index is 12.4. The van der Waals surface area contributed by atoms with Gasteiger partial charge in [-0.2, -0.15) is 0 Å². The van der Waals surface area contributed by atoms with Crippen molar-refractivity contribution in [3.05, 3.63) is 53.1 Å². The van der Waals surface area contributed by atoms with Crippen LogP contribution in [-0.4, -0.2) is 26.2 Å². The molecule has 25 heavy (non-hydrogen) atoms. The standard InChI is InChI=1S/C19H22ClNO4/c1-4-15(25-16-8-6-5-7-14(16)20)19(22)21-12-13-9-10-17(23-2)18(11-13)24-3/h5-11,15H,4,12H2,1-3H3,(H,21,22)/t15-/m1/s1. The number of benzene rings is 2. The van der Waals surface area contributed by atoms with Crippen molar-refractivity contribution in [3.8, 4) is 17.2 Å². The number of ether oxygens (including phenoxy) is 3. The lowest BCUT2D eigenvalue weighted by Crippen LogP contribution is -2.37. The van der Waals surface area contributed by atoms with Gasteiger partial charge in [0.2, 0.25) is 0 Å². The van der Waals surface area contributed by atoms with Crippen LogP contribution in [-0.2, 0) is 11.3 Å². The van der Waals surface area contributed by atoms with Crippen molar-refractivity contribution < 1.29 is 19.0 Å². The van der Waals surface area contributed by atoms with Crippen LogP contribution in [0.5, 0.6) is 17.2 Å². The Morgan fingerprint density at radius 3 is 2.44 bits per heavy atom. The Morgan fingerprint density at radius 1 is 1.08 bits per heavy atom. The minimum Gasteiger partial charge on any atom is -0.493 e. The van der Waals surface area contributed by atoms with Gasteiger partial charge in [-0.15, -0.1) is 0 Å². The number of amides is 1. The van der Waals surface area contributed by atoms with Gasteiger partial charge in [0.05, 0.1) is 19.2 Å². The van der Waals surface area contributed by atoms with Gasteiger partial charge in [-0.25, -0.2) is 0 Å². The van der Waals surface area contributed by atoms with E-state index in [9.17, 15) is 4.79 Å². The van der Waals surface area contributed by atoms with Crippen LogP contribution in [0.1, 0.15) is 18.9 Å². The highest BCUT2D eigenvalue weighted by Crippen LogP contribution is 2.27. The molecule has 0 aliphatic carbocycles. The van der Waals surface area contributed by atoms with Gasteiger partial charge in [0.25, 0.3) is 5.91 Å². The summed E-state index contributed by atoms with van der Waals surface area (Å²) in [5.41, 5.74) is 0.901.